The topological polar surface area (TPSA) is 296 Å². The van der Waals surface area contributed by atoms with Crippen LogP contribution < -0.4 is 22.1 Å². The molecule has 2 saturated heterocycles. The maximum atomic E-state index is 11.3. The average Bonchev–Trinajstić information content (AvgIpc) is 3.34. The zero-order valence-electron chi connectivity index (χ0n) is 23.2. The van der Waals surface area contributed by atoms with Gasteiger partial charge in [-0.3, -0.25) is 0 Å². The highest BCUT2D eigenvalue weighted by atomic mass is 16.6. The molecular weight excluding hydrogens is 544 g/mol. The molecule has 40 heavy (non-hydrogen) atoms. The molecule has 4 atom stereocenters. The number of hydrogen-bond donors (Lipinski definition) is 8. The third kappa shape index (κ3) is 21.2. The van der Waals surface area contributed by atoms with Gasteiger partial charge in [0.25, 0.3) is 0 Å². The zero-order chi connectivity index (χ0) is 31.8. The fourth-order valence-corrected chi connectivity index (χ4v) is 2.36. The van der Waals surface area contributed by atoms with Gasteiger partial charge in [-0.2, -0.15) is 0 Å². The molecule has 0 unspecified atom stereocenters. The molecule has 2 fully saturated rings. The number of alkyl carbamates (subject to hydrolysis) is 2. The van der Waals surface area contributed by atoms with Crippen LogP contribution in [0.3, 0.4) is 0 Å². The van der Waals surface area contributed by atoms with Crippen molar-refractivity contribution in [2.24, 2.45) is 11.5 Å². The van der Waals surface area contributed by atoms with E-state index in [4.69, 9.17) is 70.0 Å². The van der Waals surface area contributed by atoms with Gasteiger partial charge < -0.3 is 61.5 Å². The first-order chi connectivity index (χ1) is 18.1. The molecule has 0 saturated carbocycles. The summed E-state index contributed by atoms with van der Waals surface area (Å²) in [5.74, 6) is -7.30. The minimum atomic E-state index is -1.82. The van der Waals surface area contributed by atoms with Crippen molar-refractivity contribution in [3.8, 4) is 0 Å². The summed E-state index contributed by atoms with van der Waals surface area (Å²) in [5, 5.41) is 34.9. The third-order valence-corrected chi connectivity index (χ3v) is 4.02. The Morgan fingerprint density at radius 1 is 0.600 bits per heavy atom. The van der Waals surface area contributed by atoms with E-state index in [0.717, 1.165) is 0 Å². The van der Waals surface area contributed by atoms with Gasteiger partial charge >= 0.3 is 36.1 Å². The SMILES string of the molecule is CC(C)(C)OC(=O)N[C@@H]1COC[C@H]1N.CC(C)(C)OC(=O)N[C@H]1COC[C@@H]1N.O=C(O)C(=O)O.O=C(O)C(=O)O. The zero-order valence-corrected chi connectivity index (χ0v) is 23.2. The predicted molar refractivity (Wildman–Crippen MR) is 134 cm³/mol. The molecule has 18 heteroatoms. The molecule has 232 valence electrons. The van der Waals surface area contributed by atoms with Gasteiger partial charge in [-0.1, -0.05) is 0 Å². The van der Waals surface area contributed by atoms with E-state index < -0.39 is 47.3 Å². The molecule has 0 bridgehead atoms. The summed E-state index contributed by atoms with van der Waals surface area (Å²) in [6.07, 6.45) is -0.882. The van der Waals surface area contributed by atoms with Crippen molar-refractivity contribution >= 4 is 36.1 Å². The lowest BCUT2D eigenvalue weighted by molar-refractivity contribution is -0.159. The maximum Gasteiger partial charge on any atom is 0.414 e. The number of carboxylic acids is 4. The summed E-state index contributed by atoms with van der Waals surface area (Å²) in [6.45, 7) is 12.8. The van der Waals surface area contributed by atoms with E-state index in [9.17, 15) is 9.59 Å². The molecule has 2 aliphatic rings. The smallest absolute Gasteiger partial charge is 0.414 e. The number of rotatable bonds is 2. The van der Waals surface area contributed by atoms with Crippen LogP contribution in [0.2, 0.25) is 0 Å². The van der Waals surface area contributed by atoms with Gasteiger partial charge in [0, 0.05) is 0 Å². The largest absolute Gasteiger partial charge is 0.473 e. The number of carboxylic acid groups (broad SMARTS) is 4. The lowest BCUT2D eigenvalue weighted by Crippen LogP contribution is -2.48. The molecule has 0 spiro atoms. The van der Waals surface area contributed by atoms with Crippen LogP contribution in [0.25, 0.3) is 0 Å². The van der Waals surface area contributed by atoms with Crippen molar-refractivity contribution in [2.75, 3.05) is 26.4 Å². The first-order valence-electron chi connectivity index (χ1n) is 11.6. The van der Waals surface area contributed by atoms with Gasteiger partial charge in [-0.25, -0.2) is 28.8 Å². The number of hydrogen-bond acceptors (Lipinski definition) is 12. The molecule has 0 radical (unpaired) electrons. The Bertz CT molecular complexity index is 775. The standard InChI is InChI=1S/2C9H18N2O3.2C2H2O4/c2*1-9(2,3)14-8(12)11-7-5-13-4-6(7)10;2*3-1(4)2(5)6/h2*6-7H,4-5,10H2,1-3H3,(H,11,12);2*(H,3,4)(H,5,6)/t2*6-,7-;;/m10../s1. The molecule has 18 nitrogen and oxygen atoms in total. The van der Waals surface area contributed by atoms with Gasteiger partial charge in [0.1, 0.15) is 11.2 Å². The van der Waals surface area contributed by atoms with Crippen LogP contribution >= 0.6 is 0 Å². The van der Waals surface area contributed by atoms with Crippen LogP contribution in [0, 0.1) is 0 Å². The number of ether oxygens (including phenoxy) is 4. The molecule has 0 aromatic heterocycles. The van der Waals surface area contributed by atoms with Crippen LogP contribution in [0.5, 0.6) is 0 Å². The van der Waals surface area contributed by atoms with E-state index >= 15 is 0 Å². The fraction of sp³-hybridized carbons (Fsp3) is 0.727. The van der Waals surface area contributed by atoms with Crippen molar-refractivity contribution in [1.29, 1.82) is 0 Å². The van der Waals surface area contributed by atoms with Crippen LogP contribution in [0.4, 0.5) is 9.59 Å². The highest BCUT2D eigenvalue weighted by molar-refractivity contribution is 6.27. The van der Waals surface area contributed by atoms with Crippen molar-refractivity contribution in [2.45, 2.75) is 76.9 Å². The molecule has 0 aromatic carbocycles. The molecule has 2 heterocycles. The summed E-state index contributed by atoms with van der Waals surface area (Å²) in [7, 11) is 0. The van der Waals surface area contributed by atoms with Gasteiger partial charge in [-0.05, 0) is 41.5 Å². The summed E-state index contributed by atoms with van der Waals surface area (Å²) < 4.78 is 20.4. The highest BCUT2D eigenvalue weighted by Gasteiger charge is 2.29. The van der Waals surface area contributed by atoms with Crippen LogP contribution in [-0.2, 0) is 38.1 Å². The Balaban J connectivity index is 0. The van der Waals surface area contributed by atoms with Crippen molar-refractivity contribution in [3.63, 3.8) is 0 Å². The Morgan fingerprint density at radius 3 is 1.00 bits per heavy atom. The van der Waals surface area contributed by atoms with E-state index in [1.54, 1.807) is 0 Å². The number of nitrogens with two attached hydrogens (primary N) is 2. The van der Waals surface area contributed by atoms with E-state index in [0.29, 0.717) is 26.4 Å². The molecule has 2 amide bonds. The molecule has 0 aromatic rings. The van der Waals surface area contributed by atoms with Crippen LogP contribution in [0.1, 0.15) is 41.5 Å². The van der Waals surface area contributed by atoms with E-state index in [1.165, 1.54) is 0 Å². The number of aliphatic carboxylic acids is 4. The molecule has 2 rings (SSSR count). The Labute approximate surface area is 230 Å². The Morgan fingerprint density at radius 2 is 0.850 bits per heavy atom. The molecule has 2 aliphatic heterocycles. The Kier molecular flexibility index (Phi) is 17.1. The van der Waals surface area contributed by atoms with Crippen LogP contribution in [0.15, 0.2) is 0 Å². The second-order valence-corrected chi connectivity index (χ2v) is 10.1. The molecule has 10 N–H and O–H groups in total. The predicted octanol–water partition coefficient (Wildman–Crippen LogP) is -1.21. The summed E-state index contributed by atoms with van der Waals surface area (Å²) in [4.78, 5) is 59.0. The maximum absolute atomic E-state index is 11.3. The van der Waals surface area contributed by atoms with Gasteiger partial charge in [0.05, 0.1) is 50.6 Å². The summed E-state index contributed by atoms with van der Waals surface area (Å²) in [6, 6.07) is -0.542. The van der Waals surface area contributed by atoms with Crippen molar-refractivity contribution in [1.82, 2.24) is 10.6 Å². The summed E-state index contributed by atoms with van der Waals surface area (Å²) >= 11 is 0. The van der Waals surface area contributed by atoms with Gasteiger partial charge in [0.2, 0.25) is 0 Å². The Hall–Kier alpha value is -3.74. The lowest BCUT2D eigenvalue weighted by Gasteiger charge is -2.22. The minimum absolute atomic E-state index is 0.134. The monoisotopic (exact) mass is 584 g/mol. The van der Waals surface area contributed by atoms with Crippen molar-refractivity contribution in [3.05, 3.63) is 0 Å². The fourth-order valence-electron chi connectivity index (χ4n) is 2.36. The van der Waals surface area contributed by atoms with Crippen LogP contribution in [-0.4, -0.2) is 118 Å². The second-order valence-electron chi connectivity index (χ2n) is 10.1. The normalized spacial score (nSPS) is 21.4. The number of nitrogens with one attached hydrogen (secondary N) is 2. The number of amides is 2. The summed E-state index contributed by atoms with van der Waals surface area (Å²) in [5.41, 5.74) is 10.4. The van der Waals surface area contributed by atoms with Gasteiger partial charge in [-0.15, -0.1) is 0 Å². The third-order valence-electron chi connectivity index (χ3n) is 4.02. The lowest BCUT2D eigenvalue weighted by atomic mass is 10.2. The number of carbonyl (C=O) groups is 6. The first-order valence-corrected chi connectivity index (χ1v) is 11.6. The first kappa shape index (κ1) is 38.4. The van der Waals surface area contributed by atoms with E-state index in [2.05, 4.69) is 10.6 Å². The van der Waals surface area contributed by atoms with Crippen molar-refractivity contribution < 1.29 is 68.1 Å². The van der Waals surface area contributed by atoms with E-state index in [-0.39, 0.29) is 24.2 Å². The number of carbonyl (C=O) groups excluding carboxylic acids is 2. The molecular formula is C22H40N4O14. The van der Waals surface area contributed by atoms with E-state index in [1.807, 2.05) is 41.5 Å². The second kappa shape index (κ2) is 17.8. The quantitative estimate of drug-likeness (QED) is 0.176. The van der Waals surface area contributed by atoms with Gasteiger partial charge in [0.15, 0.2) is 0 Å². The average molecular weight is 585 g/mol. The highest BCUT2D eigenvalue weighted by Crippen LogP contribution is 2.10. The minimum Gasteiger partial charge on any atom is -0.473 e. The molecule has 0 aliphatic carbocycles.